The molecule has 0 fully saturated rings. The van der Waals surface area contributed by atoms with Gasteiger partial charge in [-0.2, -0.15) is 0 Å². The van der Waals surface area contributed by atoms with E-state index in [9.17, 15) is 14.4 Å². The van der Waals surface area contributed by atoms with Gasteiger partial charge < -0.3 is 19.9 Å². The van der Waals surface area contributed by atoms with Crippen LogP contribution in [-0.2, 0) is 30.3 Å². The zero-order valence-corrected chi connectivity index (χ0v) is 15.4. The number of methoxy groups -OCH3 is 2. The van der Waals surface area contributed by atoms with Crippen molar-refractivity contribution < 1.29 is 29.0 Å². The number of hydrogen-bond acceptors (Lipinski definition) is 6. The number of carbonyl (C=O) groups is 3. The highest BCUT2D eigenvalue weighted by Gasteiger charge is 2.17. The highest BCUT2D eigenvalue weighted by atomic mass is 79.9. The van der Waals surface area contributed by atoms with Crippen LogP contribution in [0.5, 0.6) is 0 Å². The van der Waals surface area contributed by atoms with Gasteiger partial charge in [-0.1, -0.05) is 0 Å². The molecule has 0 saturated heterocycles. The normalized spacial score (nSPS) is 10.9. The highest BCUT2D eigenvalue weighted by molar-refractivity contribution is 9.11. The van der Waals surface area contributed by atoms with Gasteiger partial charge in [-0.3, -0.25) is 4.79 Å². The molecular weight excluding hydrogens is 438 g/mol. The van der Waals surface area contributed by atoms with Crippen molar-refractivity contribution in [2.75, 3.05) is 19.5 Å². The van der Waals surface area contributed by atoms with E-state index < -0.39 is 17.9 Å². The minimum atomic E-state index is -0.967. The van der Waals surface area contributed by atoms with Crippen molar-refractivity contribution in [2.45, 2.75) is 6.42 Å². The Morgan fingerprint density at radius 2 is 1.74 bits per heavy atom. The lowest BCUT2D eigenvalue weighted by atomic mass is 10.1. The van der Waals surface area contributed by atoms with Gasteiger partial charge in [0.2, 0.25) is 0 Å². The number of aliphatic carboxylic acids is 1. The van der Waals surface area contributed by atoms with Crippen molar-refractivity contribution in [3.63, 3.8) is 0 Å². The summed E-state index contributed by atoms with van der Waals surface area (Å²) in [6.45, 7) is 0. The van der Waals surface area contributed by atoms with E-state index in [-0.39, 0.29) is 12.1 Å². The van der Waals surface area contributed by atoms with E-state index in [0.717, 1.165) is 6.08 Å². The second kappa shape index (κ2) is 8.68. The Kier molecular flexibility index (Phi) is 7.24. The molecule has 0 heterocycles. The lowest BCUT2D eigenvalue weighted by Crippen LogP contribution is -2.16. The van der Waals surface area contributed by atoms with Gasteiger partial charge in [-0.05, 0) is 49.6 Å². The number of hydrogen-bond donors (Lipinski definition) is 2. The Morgan fingerprint density at radius 1 is 1.17 bits per heavy atom. The number of nitrogens with one attached hydrogen (secondary N) is 1. The summed E-state index contributed by atoms with van der Waals surface area (Å²) in [4.78, 5) is 33.8. The van der Waals surface area contributed by atoms with Crippen LogP contribution >= 0.6 is 31.9 Å². The van der Waals surface area contributed by atoms with Gasteiger partial charge in [0, 0.05) is 8.95 Å². The fraction of sp³-hybridized carbons (Fsp3) is 0.214. The van der Waals surface area contributed by atoms with Gasteiger partial charge in [-0.15, -0.1) is 0 Å². The van der Waals surface area contributed by atoms with Crippen molar-refractivity contribution in [1.29, 1.82) is 0 Å². The van der Waals surface area contributed by atoms with Crippen molar-refractivity contribution in [2.24, 2.45) is 0 Å². The minimum Gasteiger partial charge on any atom is -0.481 e. The first-order valence-corrected chi connectivity index (χ1v) is 7.71. The number of carboxylic acids is 1. The second-order valence-electron chi connectivity index (χ2n) is 4.20. The van der Waals surface area contributed by atoms with Crippen molar-refractivity contribution in [1.82, 2.24) is 0 Å². The quantitative estimate of drug-likeness (QED) is 0.507. The molecule has 0 aliphatic rings. The van der Waals surface area contributed by atoms with Gasteiger partial charge in [0.05, 0.1) is 32.4 Å². The monoisotopic (exact) mass is 449 g/mol. The summed E-state index contributed by atoms with van der Waals surface area (Å²) in [5, 5.41) is 11.6. The van der Waals surface area contributed by atoms with E-state index in [2.05, 4.69) is 46.7 Å². The van der Waals surface area contributed by atoms with Crippen LogP contribution in [-0.4, -0.2) is 37.2 Å². The molecule has 0 aromatic heterocycles. The Balaban J connectivity index is 3.19. The molecule has 0 aliphatic carbocycles. The third-order valence-electron chi connectivity index (χ3n) is 2.59. The first kappa shape index (κ1) is 19.2. The average molecular weight is 451 g/mol. The molecule has 1 aromatic rings. The van der Waals surface area contributed by atoms with E-state index in [1.807, 2.05) is 0 Å². The summed E-state index contributed by atoms with van der Waals surface area (Å²) < 4.78 is 10.1. The molecule has 2 N–H and O–H groups in total. The summed E-state index contributed by atoms with van der Waals surface area (Å²) in [7, 11) is 2.36. The van der Waals surface area contributed by atoms with Gasteiger partial charge in [0.25, 0.3) is 0 Å². The molecule has 0 atom stereocenters. The lowest BCUT2D eigenvalue weighted by molar-refractivity contribution is -0.138. The number of carbonyl (C=O) groups excluding carboxylic acids is 2. The zero-order chi connectivity index (χ0) is 17.6. The number of halogens is 2. The van der Waals surface area contributed by atoms with Crippen LogP contribution in [0.25, 0.3) is 0 Å². The molecule has 124 valence electrons. The Labute approximate surface area is 148 Å². The maximum atomic E-state index is 11.7. The van der Waals surface area contributed by atoms with Crippen LogP contribution in [0.1, 0.15) is 5.56 Å². The number of anilines is 1. The maximum absolute atomic E-state index is 11.7. The van der Waals surface area contributed by atoms with Crippen molar-refractivity contribution >= 4 is 55.5 Å². The van der Waals surface area contributed by atoms with Crippen LogP contribution in [0.4, 0.5) is 5.69 Å². The standard InChI is InChI=1S/C14H13Br2NO6/c1-22-12(20)6-10(14(21)23-2)17-13-8(15)3-7(4-9(13)16)5-11(18)19/h3-4,6,17H,5H2,1-2H3,(H,18,19)/b10-6+. The largest absolute Gasteiger partial charge is 0.481 e. The van der Waals surface area contributed by atoms with E-state index in [1.165, 1.54) is 14.2 Å². The molecular formula is C14H13Br2NO6. The van der Waals surface area contributed by atoms with Gasteiger partial charge in [0.15, 0.2) is 0 Å². The SMILES string of the molecule is COC(=O)/C=C(/Nc1c(Br)cc(CC(=O)O)cc1Br)C(=O)OC. The maximum Gasteiger partial charge on any atom is 0.354 e. The Morgan fingerprint density at radius 3 is 2.17 bits per heavy atom. The molecule has 0 amide bonds. The van der Waals surface area contributed by atoms with E-state index in [4.69, 9.17) is 5.11 Å². The van der Waals surface area contributed by atoms with Crippen LogP contribution in [0.3, 0.4) is 0 Å². The Hall–Kier alpha value is -1.87. The molecule has 0 unspecified atom stereocenters. The van der Waals surface area contributed by atoms with Gasteiger partial charge in [0.1, 0.15) is 5.70 Å². The summed E-state index contributed by atoms with van der Waals surface area (Å²) in [5.74, 6) is -2.46. The van der Waals surface area contributed by atoms with E-state index in [0.29, 0.717) is 20.2 Å². The first-order chi connectivity index (χ1) is 10.8. The topological polar surface area (TPSA) is 102 Å². The third-order valence-corrected chi connectivity index (χ3v) is 3.84. The number of benzene rings is 1. The molecule has 7 nitrogen and oxygen atoms in total. The van der Waals surface area contributed by atoms with Crippen LogP contribution < -0.4 is 5.32 Å². The van der Waals surface area contributed by atoms with Crippen molar-refractivity contribution in [3.05, 3.63) is 38.4 Å². The van der Waals surface area contributed by atoms with Crippen molar-refractivity contribution in [3.8, 4) is 0 Å². The van der Waals surface area contributed by atoms with Crippen LogP contribution in [0, 0.1) is 0 Å². The van der Waals surface area contributed by atoms with E-state index in [1.54, 1.807) is 12.1 Å². The summed E-state index contributed by atoms with van der Waals surface area (Å²) in [6.07, 6.45) is 0.801. The fourth-order valence-corrected chi connectivity index (χ4v) is 3.07. The number of ether oxygens (including phenoxy) is 2. The van der Waals surface area contributed by atoms with Crippen LogP contribution in [0.15, 0.2) is 32.9 Å². The van der Waals surface area contributed by atoms with Gasteiger partial charge >= 0.3 is 17.9 Å². The lowest BCUT2D eigenvalue weighted by Gasteiger charge is -2.14. The highest BCUT2D eigenvalue weighted by Crippen LogP contribution is 2.33. The third kappa shape index (κ3) is 5.68. The molecule has 23 heavy (non-hydrogen) atoms. The zero-order valence-electron chi connectivity index (χ0n) is 12.2. The predicted octanol–water partition coefficient (Wildman–Crippen LogP) is 2.48. The van der Waals surface area contributed by atoms with Gasteiger partial charge in [-0.25, -0.2) is 9.59 Å². The first-order valence-electron chi connectivity index (χ1n) is 6.13. The molecule has 9 heteroatoms. The number of carboxylic acid groups (broad SMARTS) is 1. The molecule has 1 rings (SSSR count). The molecule has 0 spiro atoms. The number of rotatable bonds is 6. The summed E-state index contributed by atoms with van der Waals surface area (Å²) in [6, 6.07) is 3.18. The Bertz CT molecular complexity index is 648. The summed E-state index contributed by atoms with van der Waals surface area (Å²) in [5.41, 5.74) is 0.852. The molecule has 0 bridgehead atoms. The molecule has 0 aliphatic heterocycles. The smallest absolute Gasteiger partial charge is 0.354 e. The molecule has 0 radical (unpaired) electrons. The predicted molar refractivity (Wildman–Crippen MR) is 88.9 cm³/mol. The molecule has 0 saturated carbocycles. The minimum absolute atomic E-state index is 0.133. The fourth-order valence-electron chi connectivity index (χ4n) is 1.59. The number of esters is 2. The second-order valence-corrected chi connectivity index (χ2v) is 5.91. The average Bonchev–Trinajstić information content (AvgIpc) is 2.47. The summed E-state index contributed by atoms with van der Waals surface area (Å²) >= 11 is 6.58. The van der Waals surface area contributed by atoms with Crippen LogP contribution in [0.2, 0.25) is 0 Å². The molecule has 1 aromatic carbocycles. The van der Waals surface area contributed by atoms with E-state index >= 15 is 0 Å².